The highest BCUT2D eigenvalue weighted by atomic mass is 35.7. The van der Waals surface area contributed by atoms with E-state index in [0.717, 1.165) is 0 Å². The molecule has 0 saturated carbocycles. The first-order chi connectivity index (χ1) is 9.54. The van der Waals surface area contributed by atoms with Crippen molar-refractivity contribution in [1.82, 2.24) is 0 Å². The second kappa shape index (κ2) is 6.35. The molecule has 7 nitrogen and oxygen atoms in total. The molecule has 1 rings (SSSR count). The molecule has 0 unspecified atom stereocenters. The van der Waals surface area contributed by atoms with Gasteiger partial charge in [0.2, 0.25) is 5.82 Å². The van der Waals surface area contributed by atoms with E-state index in [1.54, 1.807) is 13.8 Å². The number of benzene rings is 1. The molecule has 0 radical (unpaired) electrons. The number of rotatable bonds is 5. The zero-order valence-electron chi connectivity index (χ0n) is 11.0. The molecular formula is C11H11ClFNO6S. The quantitative estimate of drug-likeness (QED) is 0.353. The van der Waals surface area contributed by atoms with Crippen molar-refractivity contribution in [3.63, 3.8) is 0 Å². The van der Waals surface area contributed by atoms with Gasteiger partial charge < -0.3 is 4.74 Å². The fraction of sp³-hybridized carbons (Fsp3) is 0.364. The minimum Gasteiger partial charge on any atom is -0.462 e. The Hall–Kier alpha value is -1.74. The Morgan fingerprint density at radius 3 is 2.48 bits per heavy atom. The van der Waals surface area contributed by atoms with Gasteiger partial charge in [-0.05, 0) is 12.0 Å². The van der Waals surface area contributed by atoms with E-state index in [2.05, 4.69) is 0 Å². The molecule has 0 fully saturated rings. The number of carbonyl (C=O) groups is 1. The maximum Gasteiger partial charge on any atom is 0.338 e. The molecule has 0 bridgehead atoms. The molecule has 0 heterocycles. The number of hydrogen-bond acceptors (Lipinski definition) is 6. The molecule has 0 N–H and O–H groups in total. The summed E-state index contributed by atoms with van der Waals surface area (Å²) in [5, 5.41) is 10.7. The van der Waals surface area contributed by atoms with Gasteiger partial charge in [-0.2, -0.15) is 4.39 Å². The molecule has 0 aliphatic heterocycles. The molecule has 0 spiro atoms. The summed E-state index contributed by atoms with van der Waals surface area (Å²) in [5.74, 6) is -2.63. The van der Waals surface area contributed by atoms with Crippen molar-refractivity contribution >= 4 is 31.4 Å². The minimum atomic E-state index is -4.59. The van der Waals surface area contributed by atoms with Crippen LogP contribution in [-0.2, 0) is 13.8 Å². The van der Waals surface area contributed by atoms with Crippen molar-refractivity contribution in [2.45, 2.75) is 18.7 Å². The standard InChI is InChI=1S/C11H11ClFNO6S/c1-6(2)5-20-11(15)7-3-8(14(16)17)10(13)9(4-7)21(12,18)19/h3-4,6H,5H2,1-2H3. The van der Waals surface area contributed by atoms with Crippen molar-refractivity contribution < 1.29 is 27.3 Å². The zero-order chi connectivity index (χ0) is 16.4. The highest BCUT2D eigenvalue weighted by Gasteiger charge is 2.28. The molecule has 0 aliphatic rings. The first-order valence-electron chi connectivity index (χ1n) is 5.63. The molecule has 0 saturated heterocycles. The van der Waals surface area contributed by atoms with Crippen LogP contribution in [-0.4, -0.2) is 25.9 Å². The molecule has 0 amide bonds. The Labute approximate surface area is 124 Å². The fourth-order valence-electron chi connectivity index (χ4n) is 1.34. The number of nitro groups is 1. The van der Waals surface area contributed by atoms with Gasteiger partial charge in [-0.25, -0.2) is 13.2 Å². The normalized spacial score (nSPS) is 11.5. The first-order valence-corrected chi connectivity index (χ1v) is 7.94. The number of carbonyl (C=O) groups excluding carboxylic acids is 1. The van der Waals surface area contributed by atoms with Gasteiger partial charge in [0.15, 0.2) is 0 Å². The predicted octanol–water partition coefficient (Wildman–Crippen LogP) is 2.47. The van der Waals surface area contributed by atoms with Crippen molar-refractivity contribution in [2.24, 2.45) is 5.92 Å². The van der Waals surface area contributed by atoms with Gasteiger partial charge in [0.1, 0.15) is 4.90 Å². The van der Waals surface area contributed by atoms with Gasteiger partial charge in [-0.15, -0.1) is 0 Å². The lowest BCUT2D eigenvalue weighted by atomic mass is 10.2. The van der Waals surface area contributed by atoms with Crippen LogP contribution in [0.4, 0.5) is 10.1 Å². The van der Waals surface area contributed by atoms with Crippen LogP contribution in [0.5, 0.6) is 0 Å². The lowest BCUT2D eigenvalue weighted by molar-refractivity contribution is -0.387. The van der Waals surface area contributed by atoms with Crippen molar-refractivity contribution in [3.05, 3.63) is 33.6 Å². The van der Waals surface area contributed by atoms with Gasteiger partial charge in [0.05, 0.1) is 17.1 Å². The van der Waals surface area contributed by atoms with Crippen molar-refractivity contribution in [1.29, 1.82) is 0 Å². The molecule has 0 aliphatic carbocycles. The summed E-state index contributed by atoms with van der Waals surface area (Å²) in [7, 11) is 0.410. The summed E-state index contributed by atoms with van der Waals surface area (Å²) in [6, 6.07) is 1.21. The number of hydrogen-bond donors (Lipinski definition) is 0. The summed E-state index contributed by atoms with van der Waals surface area (Å²) in [6.45, 7) is 3.54. The second-order valence-electron chi connectivity index (χ2n) is 4.49. The summed E-state index contributed by atoms with van der Waals surface area (Å²) >= 11 is 0. The SMILES string of the molecule is CC(C)COC(=O)c1cc([N+](=O)[O-])c(F)c(S(=O)(=O)Cl)c1. The van der Waals surface area contributed by atoms with Crippen molar-refractivity contribution in [2.75, 3.05) is 6.61 Å². The maximum absolute atomic E-state index is 13.7. The monoisotopic (exact) mass is 339 g/mol. The Kier molecular flexibility index (Phi) is 5.24. The van der Waals surface area contributed by atoms with Crippen molar-refractivity contribution in [3.8, 4) is 0 Å². The summed E-state index contributed by atoms with van der Waals surface area (Å²) in [5.41, 5.74) is -1.64. The smallest absolute Gasteiger partial charge is 0.338 e. The van der Waals surface area contributed by atoms with Gasteiger partial charge in [0, 0.05) is 16.7 Å². The van der Waals surface area contributed by atoms with E-state index in [9.17, 15) is 27.7 Å². The topological polar surface area (TPSA) is 104 Å². The third-order valence-corrected chi connectivity index (χ3v) is 3.58. The van der Waals surface area contributed by atoms with Crippen LogP contribution in [0.25, 0.3) is 0 Å². The Bertz CT molecular complexity index is 688. The van der Waals surface area contributed by atoms with Crippen LogP contribution in [0.1, 0.15) is 24.2 Å². The Morgan fingerprint density at radius 2 is 2.05 bits per heavy atom. The van der Waals surface area contributed by atoms with E-state index < -0.39 is 41.9 Å². The van der Waals surface area contributed by atoms with Crippen LogP contribution in [0, 0.1) is 21.8 Å². The van der Waals surface area contributed by atoms with Crippen LogP contribution in [0.15, 0.2) is 17.0 Å². The van der Waals surface area contributed by atoms with E-state index in [-0.39, 0.29) is 12.5 Å². The Balaban J connectivity index is 3.38. The van der Waals surface area contributed by atoms with Crippen LogP contribution < -0.4 is 0 Å². The van der Waals surface area contributed by atoms with Gasteiger partial charge >= 0.3 is 11.7 Å². The molecule has 1 aromatic rings. The number of halogens is 2. The fourth-order valence-corrected chi connectivity index (χ4v) is 2.26. The largest absolute Gasteiger partial charge is 0.462 e. The zero-order valence-corrected chi connectivity index (χ0v) is 12.6. The predicted molar refractivity (Wildman–Crippen MR) is 71.2 cm³/mol. The highest BCUT2D eigenvalue weighted by Crippen LogP contribution is 2.28. The van der Waals surface area contributed by atoms with E-state index in [1.165, 1.54) is 0 Å². The van der Waals surface area contributed by atoms with Gasteiger partial charge in [-0.3, -0.25) is 10.1 Å². The van der Waals surface area contributed by atoms with Gasteiger partial charge in [0.25, 0.3) is 9.05 Å². The molecule has 116 valence electrons. The third-order valence-electron chi connectivity index (χ3n) is 2.26. The maximum atomic E-state index is 13.7. The van der Waals surface area contributed by atoms with E-state index in [0.29, 0.717) is 12.1 Å². The molecule has 21 heavy (non-hydrogen) atoms. The number of nitrogens with zero attached hydrogens (tertiary/aromatic N) is 1. The summed E-state index contributed by atoms with van der Waals surface area (Å²) < 4.78 is 41.0. The molecule has 1 aromatic carbocycles. The van der Waals surface area contributed by atoms with Crippen LogP contribution in [0.3, 0.4) is 0 Å². The lowest BCUT2D eigenvalue weighted by Gasteiger charge is -2.08. The number of nitro benzene ring substituents is 1. The molecule has 10 heteroatoms. The summed E-state index contributed by atoms with van der Waals surface area (Å²) in [4.78, 5) is 20.1. The average Bonchev–Trinajstić information content (AvgIpc) is 2.34. The third kappa shape index (κ3) is 4.36. The average molecular weight is 340 g/mol. The minimum absolute atomic E-state index is 0.000569. The van der Waals surface area contributed by atoms with E-state index in [1.807, 2.05) is 0 Å². The second-order valence-corrected chi connectivity index (χ2v) is 7.03. The van der Waals surface area contributed by atoms with E-state index >= 15 is 0 Å². The first kappa shape index (κ1) is 17.3. The number of esters is 1. The molecular weight excluding hydrogens is 329 g/mol. The highest BCUT2D eigenvalue weighted by molar-refractivity contribution is 8.13. The van der Waals surface area contributed by atoms with Crippen LogP contribution in [0.2, 0.25) is 0 Å². The summed E-state index contributed by atoms with van der Waals surface area (Å²) in [6.07, 6.45) is 0. The lowest BCUT2D eigenvalue weighted by Crippen LogP contribution is -2.12. The molecule has 0 atom stereocenters. The Morgan fingerprint density at radius 1 is 1.48 bits per heavy atom. The number of ether oxygens (including phenoxy) is 1. The van der Waals surface area contributed by atoms with Crippen LogP contribution >= 0.6 is 10.7 Å². The van der Waals surface area contributed by atoms with E-state index in [4.69, 9.17) is 15.4 Å². The van der Waals surface area contributed by atoms with Gasteiger partial charge in [-0.1, -0.05) is 13.8 Å². The molecule has 0 aromatic heterocycles.